The van der Waals surface area contributed by atoms with Crippen molar-refractivity contribution in [3.63, 3.8) is 0 Å². The number of hydrogen-bond acceptors (Lipinski definition) is 6. The maximum absolute atomic E-state index is 13.5. The van der Waals surface area contributed by atoms with E-state index in [-0.39, 0.29) is 22.6 Å². The molecule has 34 heavy (non-hydrogen) atoms. The summed E-state index contributed by atoms with van der Waals surface area (Å²) in [5.41, 5.74) is 2.82. The molecule has 0 aliphatic carbocycles. The number of nitrogens with zero attached hydrogens (tertiary/aromatic N) is 2. The van der Waals surface area contributed by atoms with Crippen LogP contribution in [0.15, 0.2) is 65.4 Å². The highest BCUT2D eigenvalue weighted by atomic mass is 16.5. The van der Waals surface area contributed by atoms with Gasteiger partial charge < -0.3 is 19.8 Å². The van der Waals surface area contributed by atoms with E-state index in [0.29, 0.717) is 29.9 Å². The summed E-state index contributed by atoms with van der Waals surface area (Å²) in [6, 6.07) is 14.4. The number of aromatic hydroxyl groups is 2. The largest absolute Gasteiger partial charge is 0.503 e. The minimum absolute atomic E-state index is 0.00912. The molecule has 2 aromatic heterocycles. The van der Waals surface area contributed by atoms with Crippen LogP contribution < -0.4 is 0 Å². The Morgan fingerprint density at radius 2 is 1.56 bits per heavy atom. The van der Waals surface area contributed by atoms with E-state index in [0.717, 1.165) is 5.56 Å². The predicted octanol–water partition coefficient (Wildman–Crippen LogP) is 5.38. The normalized spacial score (nSPS) is 11.1. The molecule has 0 aliphatic rings. The summed E-state index contributed by atoms with van der Waals surface area (Å²) >= 11 is 0. The van der Waals surface area contributed by atoms with Crippen molar-refractivity contribution in [3.8, 4) is 28.6 Å². The minimum atomic E-state index is -1.10. The SMILES string of the molecule is CCC(CC)c1c(C(=O)c2ccc(C(=O)O)cc2)c(O)c(O)n1-c1ccc(-c2ccon2)cc1. The van der Waals surface area contributed by atoms with Gasteiger partial charge in [0.05, 0.1) is 11.1 Å². The third-order valence-electron chi connectivity index (χ3n) is 6.01. The molecule has 4 rings (SSSR count). The molecule has 3 N–H and O–H groups in total. The van der Waals surface area contributed by atoms with Crippen molar-refractivity contribution in [2.75, 3.05) is 0 Å². The molecule has 2 heterocycles. The molecular formula is C26H24N2O6. The Bertz CT molecular complexity index is 1320. The van der Waals surface area contributed by atoms with Crippen LogP contribution in [0.1, 0.15) is 64.6 Å². The second-order valence-corrected chi connectivity index (χ2v) is 7.92. The standard InChI is InChI=1S/C26H24N2O6/c1-3-15(4-2)22-21(23(29)17-5-7-18(8-6-17)26(32)33)24(30)25(31)28(22)19-11-9-16(10-12-19)20-13-14-34-27-20/h5-15,30-31H,3-4H2,1-2H3,(H,32,33). The van der Waals surface area contributed by atoms with Crippen LogP contribution in [0.4, 0.5) is 0 Å². The maximum atomic E-state index is 13.5. The van der Waals surface area contributed by atoms with E-state index in [4.69, 9.17) is 9.63 Å². The first kappa shape index (κ1) is 22.8. The van der Waals surface area contributed by atoms with Gasteiger partial charge in [-0.2, -0.15) is 0 Å². The van der Waals surface area contributed by atoms with Crippen molar-refractivity contribution in [1.29, 1.82) is 0 Å². The second kappa shape index (κ2) is 9.27. The lowest BCUT2D eigenvalue weighted by atomic mass is 9.92. The summed E-state index contributed by atoms with van der Waals surface area (Å²) in [6.45, 7) is 3.95. The zero-order chi connectivity index (χ0) is 24.4. The summed E-state index contributed by atoms with van der Waals surface area (Å²) < 4.78 is 6.39. The summed E-state index contributed by atoms with van der Waals surface area (Å²) in [6.07, 6.45) is 2.83. The van der Waals surface area contributed by atoms with Gasteiger partial charge in [-0.3, -0.25) is 9.36 Å². The minimum Gasteiger partial charge on any atom is -0.503 e. The van der Waals surface area contributed by atoms with Gasteiger partial charge in [0.2, 0.25) is 5.88 Å². The molecule has 8 heteroatoms. The lowest BCUT2D eigenvalue weighted by molar-refractivity contribution is 0.0696. The van der Waals surface area contributed by atoms with E-state index in [1.807, 2.05) is 26.0 Å². The third kappa shape index (κ3) is 3.94. The number of benzene rings is 2. The molecule has 2 aromatic carbocycles. The van der Waals surface area contributed by atoms with Gasteiger partial charge in [-0.25, -0.2) is 4.79 Å². The molecule has 0 spiro atoms. The van der Waals surface area contributed by atoms with Gasteiger partial charge in [0.1, 0.15) is 12.0 Å². The molecule has 174 valence electrons. The second-order valence-electron chi connectivity index (χ2n) is 7.92. The van der Waals surface area contributed by atoms with Gasteiger partial charge in [0.25, 0.3) is 0 Å². The van der Waals surface area contributed by atoms with Gasteiger partial charge in [0, 0.05) is 34.5 Å². The Kier molecular flexibility index (Phi) is 6.23. The fraction of sp³-hybridized carbons (Fsp3) is 0.192. The Balaban J connectivity index is 1.85. The molecule has 0 atom stereocenters. The Labute approximate surface area is 195 Å². The molecule has 0 unspecified atom stereocenters. The van der Waals surface area contributed by atoms with E-state index in [2.05, 4.69) is 5.16 Å². The van der Waals surface area contributed by atoms with Crippen LogP contribution in [0, 0.1) is 0 Å². The lowest BCUT2D eigenvalue weighted by Crippen LogP contribution is -2.12. The molecular weight excluding hydrogens is 436 g/mol. The van der Waals surface area contributed by atoms with E-state index < -0.39 is 23.4 Å². The van der Waals surface area contributed by atoms with E-state index in [1.54, 1.807) is 18.2 Å². The summed E-state index contributed by atoms with van der Waals surface area (Å²) in [7, 11) is 0. The third-order valence-corrected chi connectivity index (χ3v) is 6.01. The fourth-order valence-corrected chi connectivity index (χ4v) is 4.16. The van der Waals surface area contributed by atoms with Gasteiger partial charge in [-0.15, -0.1) is 0 Å². The quantitative estimate of drug-likeness (QED) is 0.302. The van der Waals surface area contributed by atoms with Crippen molar-refractivity contribution < 1.29 is 29.4 Å². The van der Waals surface area contributed by atoms with Gasteiger partial charge in [-0.05, 0) is 37.1 Å². The lowest BCUT2D eigenvalue weighted by Gasteiger charge is -2.19. The summed E-state index contributed by atoms with van der Waals surface area (Å²) in [4.78, 5) is 24.6. The number of carbonyl (C=O) groups excluding carboxylic acids is 1. The zero-order valence-corrected chi connectivity index (χ0v) is 18.7. The number of carboxylic acid groups (broad SMARTS) is 1. The highest BCUT2D eigenvalue weighted by Gasteiger charge is 2.32. The van der Waals surface area contributed by atoms with Crippen LogP contribution in [0.25, 0.3) is 16.9 Å². The highest BCUT2D eigenvalue weighted by molar-refractivity contribution is 6.12. The highest BCUT2D eigenvalue weighted by Crippen LogP contribution is 2.44. The summed E-state index contributed by atoms with van der Waals surface area (Å²) in [5.74, 6) is -2.65. The molecule has 0 amide bonds. The Morgan fingerprint density at radius 1 is 0.941 bits per heavy atom. The van der Waals surface area contributed by atoms with Crippen molar-refractivity contribution in [3.05, 3.63) is 83.2 Å². The molecule has 8 nitrogen and oxygen atoms in total. The van der Waals surface area contributed by atoms with Crippen molar-refractivity contribution >= 4 is 11.8 Å². The molecule has 0 radical (unpaired) electrons. The molecule has 4 aromatic rings. The van der Waals surface area contributed by atoms with Crippen molar-refractivity contribution in [2.45, 2.75) is 32.6 Å². The first-order chi connectivity index (χ1) is 16.4. The fourth-order valence-electron chi connectivity index (χ4n) is 4.16. The first-order valence-corrected chi connectivity index (χ1v) is 10.9. The van der Waals surface area contributed by atoms with Crippen LogP contribution >= 0.6 is 0 Å². The molecule has 0 saturated heterocycles. The van der Waals surface area contributed by atoms with Crippen LogP contribution in [0.5, 0.6) is 11.6 Å². The van der Waals surface area contributed by atoms with Gasteiger partial charge in [0.15, 0.2) is 11.5 Å². The van der Waals surface area contributed by atoms with E-state index in [1.165, 1.54) is 35.1 Å². The number of aromatic nitrogens is 2. The number of aromatic carboxylic acids is 1. The number of ketones is 1. The van der Waals surface area contributed by atoms with Crippen molar-refractivity contribution in [2.24, 2.45) is 0 Å². The first-order valence-electron chi connectivity index (χ1n) is 10.9. The average molecular weight is 460 g/mol. The van der Waals surface area contributed by atoms with Crippen molar-refractivity contribution in [1.82, 2.24) is 9.72 Å². The average Bonchev–Trinajstić information content (AvgIpc) is 3.47. The molecule has 0 bridgehead atoms. The predicted molar refractivity (Wildman–Crippen MR) is 125 cm³/mol. The van der Waals surface area contributed by atoms with E-state index >= 15 is 0 Å². The van der Waals surface area contributed by atoms with Crippen LogP contribution in [0.3, 0.4) is 0 Å². The molecule has 0 saturated carbocycles. The van der Waals surface area contributed by atoms with Gasteiger partial charge >= 0.3 is 5.97 Å². The van der Waals surface area contributed by atoms with E-state index in [9.17, 15) is 19.8 Å². The Morgan fingerprint density at radius 3 is 2.09 bits per heavy atom. The smallest absolute Gasteiger partial charge is 0.335 e. The molecule has 0 fully saturated rings. The monoisotopic (exact) mass is 460 g/mol. The van der Waals surface area contributed by atoms with Crippen LogP contribution in [-0.4, -0.2) is 36.8 Å². The number of rotatable bonds is 8. The number of carbonyl (C=O) groups is 2. The van der Waals surface area contributed by atoms with Crippen LogP contribution in [0.2, 0.25) is 0 Å². The number of carboxylic acids is 1. The maximum Gasteiger partial charge on any atom is 0.335 e. The zero-order valence-electron chi connectivity index (χ0n) is 18.7. The topological polar surface area (TPSA) is 126 Å². The van der Waals surface area contributed by atoms with Crippen LogP contribution in [-0.2, 0) is 0 Å². The van der Waals surface area contributed by atoms with Gasteiger partial charge in [-0.1, -0.05) is 43.3 Å². The Hall–Kier alpha value is -4.33. The number of hydrogen-bond donors (Lipinski definition) is 3. The summed E-state index contributed by atoms with van der Waals surface area (Å²) in [5, 5.41) is 34.8. The molecule has 0 aliphatic heterocycles.